The van der Waals surface area contributed by atoms with E-state index in [1.807, 2.05) is 0 Å². The largest absolute Gasteiger partial charge is 0.376 e. The highest BCUT2D eigenvalue weighted by molar-refractivity contribution is 4.81. The van der Waals surface area contributed by atoms with Gasteiger partial charge in [0.05, 0.1) is 5.60 Å². The highest BCUT2D eigenvalue weighted by Gasteiger charge is 2.28. The third-order valence-electron chi connectivity index (χ3n) is 3.52. The second-order valence-electron chi connectivity index (χ2n) is 7.06. The van der Waals surface area contributed by atoms with E-state index in [0.717, 1.165) is 19.6 Å². The van der Waals surface area contributed by atoms with E-state index in [2.05, 4.69) is 60.7 Å². The molecule has 0 radical (unpaired) electrons. The van der Waals surface area contributed by atoms with Crippen molar-refractivity contribution >= 4 is 0 Å². The molecule has 2 heteroatoms. The van der Waals surface area contributed by atoms with E-state index < -0.39 is 0 Å². The van der Waals surface area contributed by atoms with Crippen LogP contribution < -0.4 is 5.32 Å². The van der Waals surface area contributed by atoms with Crippen molar-refractivity contribution in [3.8, 4) is 0 Å². The van der Waals surface area contributed by atoms with Gasteiger partial charge < -0.3 is 10.1 Å². The van der Waals surface area contributed by atoms with Gasteiger partial charge in [-0.2, -0.15) is 0 Å². The lowest BCUT2D eigenvalue weighted by atomic mass is 9.76. The predicted molar refractivity (Wildman–Crippen MR) is 76.4 cm³/mol. The summed E-state index contributed by atoms with van der Waals surface area (Å²) < 4.78 is 5.85. The lowest BCUT2D eigenvalue weighted by Gasteiger charge is -2.36. The highest BCUT2D eigenvalue weighted by atomic mass is 16.5. The summed E-state index contributed by atoms with van der Waals surface area (Å²) in [5.41, 5.74) is 0.291. The standard InChI is InChI=1S/C15H33NO/c1-12(2)15(8,11-16-13(3)4)9-10-17-14(5,6)7/h12-13,16H,9-11H2,1-8H3. The van der Waals surface area contributed by atoms with Crippen LogP contribution in [0.1, 0.15) is 61.8 Å². The molecule has 0 aliphatic carbocycles. The van der Waals surface area contributed by atoms with Crippen LogP contribution in [0.25, 0.3) is 0 Å². The van der Waals surface area contributed by atoms with Crippen molar-refractivity contribution in [2.45, 2.75) is 73.5 Å². The number of ether oxygens (including phenoxy) is 1. The maximum atomic E-state index is 5.85. The minimum Gasteiger partial charge on any atom is -0.376 e. The first-order valence-electron chi connectivity index (χ1n) is 6.94. The first-order valence-corrected chi connectivity index (χ1v) is 6.94. The molecule has 0 rings (SSSR count). The summed E-state index contributed by atoms with van der Waals surface area (Å²) in [7, 11) is 0. The molecule has 0 aromatic heterocycles. The molecule has 0 saturated heterocycles. The van der Waals surface area contributed by atoms with Gasteiger partial charge in [-0.05, 0) is 38.5 Å². The van der Waals surface area contributed by atoms with Gasteiger partial charge in [0.25, 0.3) is 0 Å². The minimum absolute atomic E-state index is 0.0244. The zero-order chi connectivity index (χ0) is 13.7. The monoisotopic (exact) mass is 243 g/mol. The number of hydrogen-bond donors (Lipinski definition) is 1. The lowest BCUT2D eigenvalue weighted by Crippen LogP contribution is -2.40. The predicted octanol–water partition coefficient (Wildman–Crippen LogP) is 3.85. The minimum atomic E-state index is -0.0244. The molecule has 0 aliphatic rings. The van der Waals surface area contributed by atoms with E-state index in [1.54, 1.807) is 0 Å². The second kappa shape index (κ2) is 6.75. The fourth-order valence-electron chi connectivity index (χ4n) is 1.61. The van der Waals surface area contributed by atoms with Gasteiger partial charge in [0, 0.05) is 19.2 Å². The van der Waals surface area contributed by atoms with Crippen molar-refractivity contribution in [2.24, 2.45) is 11.3 Å². The molecule has 0 aromatic carbocycles. The molecule has 2 nitrogen and oxygen atoms in total. The van der Waals surface area contributed by atoms with Crippen LogP contribution in [-0.2, 0) is 4.74 Å². The summed E-state index contributed by atoms with van der Waals surface area (Å²) >= 11 is 0. The van der Waals surface area contributed by atoms with Gasteiger partial charge in [-0.3, -0.25) is 0 Å². The summed E-state index contributed by atoms with van der Waals surface area (Å²) in [4.78, 5) is 0. The molecule has 0 aliphatic heterocycles. The molecule has 1 atom stereocenters. The summed E-state index contributed by atoms with van der Waals surface area (Å²) in [5.74, 6) is 0.664. The third-order valence-corrected chi connectivity index (χ3v) is 3.52. The van der Waals surface area contributed by atoms with Gasteiger partial charge in [-0.1, -0.05) is 34.6 Å². The SMILES string of the molecule is CC(C)NCC(C)(CCOC(C)(C)C)C(C)C. The molecule has 0 fully saturated rings. The zero-order valence-corrected chi connectivity index (χ0v) is 13.2. The average Bonchev–Trinajstić information content (AvgIpc) is 2.12. The Morgan fingerprint density at radius 3 is 1.88 bits per heavy atom. The Hall–Kier alpha value is -0.0800. The van der Waals surface area contributed by atoms with E-state index in [4.69, 9.17) is 4.74 Å². The van der Waals surface area contributed by atoms with Crippen LogP contribution in [0.15, 0.2) is 0 Å². The Morgan fingerprint density at radius 2 is 1.53 bits per heavy atom. The second-order valence-corrected chi connectivity index (χ2v) is 7.06. The number of rotatable bonds is 7. The van der Waals surface area contributed by atoms with Gasteiger partial charge in [0.15, 0.2) is 0 Å². The molecule has 1 unspecified atom stereocenters. The number of nitrogens with one attached hydrogen (secondary N) is 1. The fraction of sp³-hybridized carbons (Fsp3) is 1.00. The van der Waals surface area contributed by atoms with Gasteiger partial charge in [0.1, 0.15) is 0 Å². The molecule has 0 heterocycles. The van der Waals surface area contributed by atoms with E-state index in [-0.39, 0.29) is 5.60 Å². The molecule has 0 amide bonds. The summed E-state index contributed by atoms with van der Waals surface area (Å²) in [6.45, 7) is 19.6. The van der Waals surface area contributed by atoms with Crippen molar-refractivity contribution < 1.29 is 4.74 Å². The normalized spacial score (nSPS) is 16.6. The average molecular weight is 243 g/mol. The molecule has 0 bridgehead atoms. The van der Waals surface area contributed by atoms with E-state index in [1.165, 1.54) is 0 Å². The van der Waals surface area contributed by atoms with Crippen LogP contribution in [0.5, 0.6) is 0 Å². The maximum Gasteiger partial charge on any atom is 0.0598 e. The van der Waals surface area contributed by atoms with Crippen LogP contribution in [0.3, 0.4) is 0 Å². The number of hydrogen-bond acceptors (Lipinski definition) is 2. The Balaban J connectivity index is 4.22. The van der Waals surface area contributed by atoms with Gasteiger partial charge in [0.2, 0.25) is 0 Å². The van der Waals surface area contributed by atoms with Gasteiger partial charge in [-0.25, -0.2) is 0 Å². The molecule has 0 spiro atoms. The third kappa shape index (κ3) is 7.77. The highest BCUT2D eigenvalue weighted by Crippen LogP contribution is 2.31. The lowest BCUT2D eigenvalue weighted by molar-refractivity contribution is -0.0226. The van der Waals surface area contributed by atoms with E-state index in [9.17, 15) is 0 Å². The van der Waals surface area contributed by atoms with Crippen molar-refractivity contribution in [3.05, 3.63) is 0 Å². The molecular formula is C15H33NO. The van der Waals surface area contributed by atoms with Crippen molar-refractivity contribution in [3.63, 3.8) is 0 Å². The Kier molecular flexibility index (Phi) is 6.71. The van der Waals surface area contributed by atoms with Gasteiger partial charge in [-0.15, -0.1) is 0 Å². The summed E-state index contributed by atoms with van der Waals surface area (Å²) in [6.07, 6.45) is 1.11. The van der Waals surface area contributed by atoms with Crippen LogP contribution in [-0.4, -0.2) is 24.8 Å². The smallest absolute Gasteiger partial charge is 0.0598 e. The van der Waals surface area contributed by atoms with Crippen LogP contribution in [0.2, 0.25) is 0 Å². The van der Waals surface area contributed by atoms with Crippen LogP contribution in [0.4, 0.5) is 0 Å². The molecule has 0 saturated carbocycles. The molecule has 0 aromatic rings. The maximum absolute atomic E-state index is 5.85. The van der Waals surface area contributed by atoms with Crippen molar-refractivity contribution in [2.75, 3.05) is 13.2 Å². The topological polar surface area (TPSA) is 21.3 Å². The van der Waals surface area contributed by atoms with E-state index in [0.29, 0.717) is 17.4 Å². The first kappa shape index (κ1) is 16.9. The Labute approximate surface area is 109 Å². The molecule has 17 heavy (non-hydrogen) atoms. The zero-order valence-electron chi connectivity index (χ0n) is 13.2. The van der Waals surface area contributed by atoms with Gasteiger partial charge >= 0.3 is 0 Å². The van der Waals surface area contributed by atoms with E-state index >= 15 is 0 Å². The van der Waals surface area contributed by atoms with Crippen molar-refractivity contribution in [1.82, 2.24) is 5.32 Å². The molecule has 104 valence electrons. The molecular weight excluding hydrogens is 210 g/mol. The van der Waals surface area contributed by atoms with Crippen molar-refractivity contribution in [1.29, 1.82) is 0 Å². The molecule has 1 N–H and O–H groups in total. The summed E-state index contributed by atoms with van der Waals surface area (Å²) in [6, 6.07) is 0.552. The summed E-state index contributed by atoms with van der Waals surface area (Å²) in [5, 5.41) is 3.56. The van der Waals surface area contributed by atoms with Crippen LogP contribution in [0, 0.1) is 11.3 Å². The Bertz CT molecular complexity index is 205. The Morgan fingerprint density at radius 1 is 1.00 bits per heavy atom. The first-order chi connectivity index (χ1) is 7.57. The van der Waals surface area contributed by atoms with Crippen LogP contribution >= 0.6 is 0 Å². The fourth-order valence-corrected chi connectivity index (χ4v) is 1.61. The quantitative estimate of drug-likeness (QED) is 0.733.